The van der Waals surface area contributed by atoms with Crippen LogP contribution in [0.3, 0.4) is 0 Å². The minimum absolute atomic E-state index is 0.0563. The summed E-state index contributed by atoms with van der Waals surface area (Å²) in [6, 6.07) is 9.98. The number of halogens is 1. The highest BCUT2D eigenvalue weighted by atomic mass is 35.5. The second kappa shape index (κ2) is 10.7. The highest BCUT2D eigenvalue weighted by molar-refractivity contribution is 7.85. The predicted octanol–water partition coefficient (Wildman–Crippen LogP) is 3.65. The van der Waals surface area contributed by atoms with E-state index < -0.39 is 33.9 Å². The molecule has 0 fully saturated rings. The number of benzene rings is 2. The number of carbonyl (C=O) groups is 1. The van der Waals surface area contributed by atoms with Crippen molar-refractivity contribution in [2.75, 3.05) is 17.7 Å². The number of nitrogens with zero attached hydrogens (tertiary/aromatic N) is 2. The zero-order valence-corrected chi connectivity index (χ0v) is 21.9. The van der Waals surface area contributed by atoms with Crippen LogP contribution in [0.1, 0.15) is 42.5 Å². The van der Waals surface area contributed by atoms with Gasteiger partial charge in [-0.2, -0.15) is 8.42 Å². The Morgan fingerprint density at radius 2 is 1.89 bits per heavy atom. The van der Waals surface area contributed by atoms with E-state index in [0.717, 1.165) is 11.9 Å². The number of hydrogen-bond acceptors (Lipinski definition) is 8. The molecule has 0 saturated heterocycles. The summed E-state index contributed by atoms with van der Waals surface area (Å²) in [5.41, 5.74) is 1.01. The molecule has 0 spiro atoms. The Labute approximate surface area is 214 Å². The minimum atomic E-state index is -3.70. The summed E-state index contributed by atoms with van der Waals surface area (Å²) in [6.45, 7) is 5.52. The molecular formula is C25H26ClN3O6S. The Bertz CT molecular complexity index is 1490. The second-order valence-electron chi connectivity index (χ2n) is 9.05. The Kier molecular flexibility index (Phi) is 8.09. The normalized spacial score (nSPS) is 11.8. The molecule has 190 valence electrons. The van der Waals surface area contributed by atoms with Crippen LogP contribution in [-0.4, -0.2) is 42.8 Å². The number of H-pyrrole nitrogens is 1. The Hall–Kier alpha value is -3.39. The number of esters is 1. The molecule has 1 heterocycles. The fourth-order valence-corrected chi connectivity index (χ4v) is 3.85. The van der Waals surface area contributed by atoms with Crippen molar-refractivity contribution in [3.63, 3.8) is 0 Å². The molecule has 0 bridgehead atoms. The molecular weight excluding hydrogens is 506 g/mol. The van der Waals surface area contributed by atoms with E-state index in [4.69, 9.17) is 26.9 Å². The first-order valence-electron chi connectivity index (χ1n) is 10.8. The average Bonchev–Trinajstić information content (AvgIpc) is 2.76. The highest BCUT2D eigenvalue weighted by Crippen LogP contribution is 2.26. The Balaban J connectivity index is 1.88. The first kappa shape index (κ1) is 27.2. The van der Waals surface area contributed by atoms with Crippen LogP contribution in [0.25, 0.3) is 10.9 Å². The van der Waals surface area contributed by atoms with Gasteiger partial charge in [0, 0.05) is 17.3 Å². The van der Waals surface area contributed by atoms with Gasteiger partial charge in [0.05, 0.1) is 29.3 Å². The fourth-order valence-electron chi connectivity index (χ4n) is 3.31. The van der Waals surface area contributed by atoms with Crippen LogP contribution in [0.5, 0.6) is 0 Å². The van der Waals surface area contributed by atoms with Crippen molar-refractivity contribution in [2.45, 2.75) is 39.5 Å². The summed E-state index contributed by atoms with van der Waals surface area (Å²) < 4.78 is 32.6. The van der Waals surface area contributed by atoms with Gasteiger partial charge < -0.3 is 14.6 Å². The number of nitrogens with one attached hydrogen (secondary N) is 1. The van der Waals surface area contributed by atoms with Gasteiger partial charge in [-0.1, -0.05) is 17.5 Å². The molecule has 0 atom stereocenters. The van der Waals surface area contributed by atoms with Crippen molar-refractivity contribution < 1.29 is 22.1 Å². The predicted molar refractivity (Wildman–Crippen MR) is 138 cm³/mol. The van der Waals surface area contributed by atoms with Crippen LogP contribution in [-0.2, 0) is 32.2 Å². The van der Waals surface area contributed by atoms with E-state index in [9.17, 15) is 18.0 Å². The first-order valence-corrected chi connectivity index (χ1v) is 13.0. The Morgan fingerprint density at radius 3 is 2.47 bits per heavy atom. The number of terminal acetylenes is 1. The summed E-state index contributed by atoms with van der Waals surface area (Å²) in [6.07, 6.45) is 6.48. The van der Waals surface area contributed by atoms with Crippen LogP contribution in [0.2, 0.25) is 5.02 Å². The van der Waals surface area contributed by atoms with Crippen molar-refractivity contribution in [1.29, 1.82) is 0 Å². The number of carbonyl (C=O) groups excluding carboxylic acids is 1. The van der Waals surface area contributed by atoms with Gasteiger partial charge in [-0.25, -0.2) is 9.78 Å². The SMILES string of the molecule is C#CCN(Cc1cc2c(=O)[nH]c(COS(C)(=O)=O)nc2cc1Cl)c1ccc(C(=O)OC(C)(C)C)cc1. The van der Waals surface area contributed by atoms with E-state index >= 15 is 0 Å². The van der Waals surface area contributed by atoms with Gasteiger partial charge in [-0.15, -0.1) is 6.42 Å². The van der Waals surface area contributed by atoms with Crippen molar-refractivity contribution >= 4 is 44.3 Å². The lowest BCUT2D eigenvalue weighted by atomic mass is 10.1. The quantitative estimate of drug-likeness (QED) is 0.266. The molecule has 11 heteroatoms. The molecule has 9 nitrogen and oxygen atoms in total. The van der Waals surface area contributed by atoms with Gasteiger partial charge in [-0.05, 0) is 62.7 Å². The van der Waals surface area contributed by atoms with E-state index in [2.05, 4.69) is 15.9 Å². The maximum atomic E-state index is 12.6. The smallest absolute Gasteiger partial charge is 0.338 e. The van der Waals surface area contributed by atoms with Gasteiger partial charge >= 0.3 is 5.97 Å². The third-order valence-corrected chi connectivity index (χ3v) is 5.74. The second-order valence-corrected chi connectivity index (χ2v) is 11.1. The van der Waals surface area contributed by atoms with E-state index in [1.54, 1.807) is 51.1 Å². The topological polar surface area (TPSA) is 119 Å². The van der Waals surface area contributed by atoms with E-state index in [1.165, 1.54) is 6.07 Å². The molecule has 2 aromatic carbocycles. The van der Waals surface area contributed by atoms with Crippen molar-refractivity contribution in [3.05, 3.63) is 68.7 Å². The first-order chi connectivity index (χ1) is 16.8. The monoisotopic (exact) mass is 531 g/mol. The number of hydrogen-bond donors (Lipinski definition) is 1. The number of anilines is 1. The number of aromatic nitrogens is 2. The third-order valence-electron chi connectivity index (χ3n) is 4.84. The molecule has 0 amide bonds. The molecule has 0 aliphatic heterocycles. The van der Waals surface area contributed by atoms with E-state index in [-0.39, 0.29) is 24.3 Å². The maximum absolute atomic E-state index is 12.6. The van der Waals surface area contributed by atoms with Crippen molar-refractivity contribution in [1.82, 2.24) is 9.97 Å². The number of ether oxygens (including phenoxy) is 1. The van der Waals surface area contributed by atoms with Gasteiger partial charge in [0.15, 0.2) is 0 Å². The molecule has 36 heavy (non-hydrogen) atoms. The van der Waals surface area contributed by atoms with Crippen LogP contribution < -0.4 is 10.5 Å². The molecule has 3 rings (SSSR count). The summed E-state index contributed by atoms with van der Waals surface area (Å²) in [7, 11) is -3.70. The molecule has 1 aromatic heterocycles. The highest BCUT2D eigenvalue weighted by Gasteiger charge is 2.19. The Morgan fingerprint density at radius 1 is 1.22 bits per heavy atom. The number of fused-ring (bicyclic) bond motifs is 1. The largest absolute Gasteiger partial charge is 0.456 e. The van der Waals surface area contributed by atoms with Crippen molar-refractivity contribution in [2.24, 2.45) is 0 Å². The standard InChI is InChI=1S/C25H26ClN3O6S/c1-6-11-29(18-9-7-16(8-10-18)24(31)35-25(2,3)4)14-17-12-19-21(13-20(17)26)27-22(28-23(19)30)15-34-36(5,32)33/h1,7-10,12-13H,11,14-15H2,2-5H3,(H,27,28,30). The van der Waals surface area contributed by atoms with Crippen LogP contribution >= 0.6 is 11.6 Å². The summed E-state index contributed by atoms with van der Waals surface area (Å²) in [4.78, 5) is 33.6. The lowest BCUT2D eigenvalue weighted by Crippen LogP contribution is -2.25. The van der Waals surface area contributed by atoms with Crippen molar-refractivity contribution in [3.8, 4) is 12.3 Å². The van der Waals surface area contributed by atoms with E-state index in [1.807, 2.05) is 4.90 Å². The molecule has 0 aliphatic rings. The molecule has 0 saturated carbocycles. The molecule has 1 N–H and O–H groups in total. The van der Waals surface area contributed by atoms with Gasteiger partial charge in [-0.3, -0.25) is 8.98 Å². The molecule has 3 aromatic rings. The van der Waals surface area contributed by atoms with Gasteiger partial charge in [0.2, 0.25) is 0 Å². The lowest BCUT2D eigenvalue weighted by Gasteiger charge is -2.24. The zero-order chi connectivity index (χ0) is 26.7. The minimum Gasteiger partial charge on any atom is -0.456 e. The van der Waals surface area contributed by atoms with Crippen LogP contribution in [0, 0.1) is 12.3 Å². The van der Waals surface area contributed by atoms with E-state index in [0.29, 0.717) is 21.7 Å². The molecule has 0 radical (unpaired) electrons. The van der Waals surface area contributed by atoms with Crippen LogP contribution in [0.4, 0.5) is 5.69 Å². The lowest BCUT2D eigenvalue weighted by molar-refractivity contribution is 0.00695. The van der Waals surface area contributed by atoms with Gasteiger partial charge in [0.1, 0.15) is 18.0 Å². The van der Waals surface area contributed by atoms with Gasteiger partial charge in [0.25, 0.3) is 15.7 Å². The summed E-state index contributed by atoms with van der Waals surface area (Å²) in [5.74, 6) is 2.23. The molecule has 0 unspecified atom stereocenters. The average molecular weight is 532 g/mol. The summed E-state index contributed by atoms with van der Waals surface area (Å²) in [5, 5.41) is 0.626. The third kappa shape index (κ3) is 7.31. The summed E-state index contributed by atoms with van der Waals surface area (Å²) >= 11 is 6.50. The van der Waals surface area contributed by atoms with Crippen LogP contribution in [0.15, 0.2) is 41.2 Å². The maximum Gasteiger partial charge on any atom is 0.338 e. The molecule has 0 aliphatic carbocycles. The fraction of sp³-hybridized carbons (Fsp3) is 0.320. The number of aromatic amines is 1. The number of rotatable bonds is 8. The zero-order valence-electron chi connectivity index (χ0n) is 20.3.